The summed E-state index contributed by atoms with van der Waals surface area (Å²) in [6.07, 6.45) is 14.7. The molecule has 5 rings (SSSR count). The summed E-state index contributed by atoms with van der Waals surface area (Å²) in [5, 5.41) is 0. The van der Waals surface area contributed by atoms with E-state index in [0.29, 0.717) is 38.8 Å². The predicted molar refractivity (Wildman–Crippen MR) is 130 cm³/mol. The highest BCUT2D eigenvalue weighted by atomic mass is 16.1. The van der Waals surface area contributed by atoms with Crippen molar-refractivity contribution in [1.82, 2.24) is 0 Å². The third-order valence-corrected chi connectivity index (χ3v) is 13.2. The molecule has 176 valence electrons. The molecule has 0 aromatic heterocycles. The summed E-state index contributed by atoms with van der Waals surface area (Å²) in [5.74, 6) is 3.72. The summed E-state index contributed by atoms with van der Waals surface area (Å²) in [6, 6.07) is 0. The molecule has 5 fully saturated rings. The Kier molecular flexibility index (Phi) is 4.65. The number of rotatable bonds is 0. The summed E-state index contributed by atoms with van der Waals surface area (Å²) in [5.41, 5.74) is 2.32. The van der Waals surface area contributed by atoms with E-state index in [9.17, 15) is 4.79 Å². The minimum atomic E-state index is -0.117. The van der Waals surface area contributed by atoms with Gasteiger partial charge in [0.25, 0.3) is 0 Å². The maximum atomic E-state index is 12.9. The van der Waals surface area contributed by atoms with Crippen LogP contribution in [0.25, 0.3) is 0 Å². The predicted octanol–water partition coefficient (Wildman–Crippen LogP) is 8.46. The molecule has 0 radical (unpaired) electrons. The van der Waals surface area contributed by atoms with Gasteiger partial charge in [-0.05, 0) is 115 Å². The van der Waals surface area contributed by atoms with Crippen LogP contribution in [0.3, 0.4) is 0 Å². The molecular formula is C30H50O. The summed E-state index contributed by atoms with van der Waals surface area (Å²) in [7, 11) is 0. The molecule has 0 N–H and O–H groups in total. The number of Topliss-reactive ketones (excluding diaryl/α,β-unsaturated/α-hetero) is 1. The van der Waals surface area contributed by atoms with Crippen molar-refractivity contribution in [3.8, 4) is 0 Å². The Morgan fingerprint density at radius 2 is 1.10 bits per heavy atom. The lowest BCUT2D eigenvalue weighted by molar-refractivity contribution is -0.232. The average Bonchev–Trinajstić information content (AvgIpc) is 2.66. The first-order chi connectivity index (χ1) is 14.2. The number of hydrogen-bond acceptors (Lipinski definition) is 1. The van der Waals surface area contributed by atoms with Crippen molar-refractivity contribution in [2.24, 2.45) is 56.2 Å². The van der Waals surface area contributed by atoms with Crippen molar-refractivity contribution in [3.63, 3.8) is 0 Å². The molecule has 0 spiro atoms. The molecule has 0 bridgehead atoms. The van der Waals surface area contributed by atoms with Gasteiger partial charge in [-0.3, -0.25) is 4.79 Å². The van der Waals surface area contributed by atoms with Crippen LogP contribution in [0.5, 0.6) is 0 Å². The van der Waals surface area contributed by atoms with Gasteiger partial charge in [0.2, 0.25) is 0 Å². The standard InChI is InChI=1S/C30H50O/c1-25(2)17-18-27(5)13-9-21-29(7)14-10-20-26(3,4)24(31)12-16-28(20,6)22(29)11-15-30(21,8)23(27)19-25/h20-23H,9-19H2,1-8H3/t20-,21-,22+,23+,27-,28-,29-,30+/m0/s1. The van der Waals surface area contributed by atoms with Crippen LogP contribution in [0, 0.1) is 56.2 Å². The summed E-state index contributed by atoms with van der Waals surface area (Å²) < 4.78 is 0. The molecule has 5 aliphatic rings. The summed E-state index contributed by atoms with van der Waals surface area (Å²) in [6.45, 7) is 20.4. The van der Waals surface area contributed by atoms with Gasteiger partial charge < -0.3 is 0 Å². The van der Waals surface area contributed by atoms with E-state index in [4.69, 9.17) is 0 Å². The zero-order valence-corrected chi connectivity index (χ0v) is 22.0. The van der Waals surface area contributed by atoms with E-state index in [1.165, 1.54) is 57.8 Å². The Hall–Kier alpha value is -0.330. The van der Waals surface area contributed by atoms with Gasteiger partial charge in [0, 0.05) is 11.8 Å². The smallest absolute Gasteiger partial charge is 0.138 e. The molecule has 0 amide bonds. The lowest BCUT2D eigenvalue weighted by atomic mass is 9.32. The topological polar surface area (TPSA) is 17.1 Å². The molecule has 1 nitrogen and oxygen atoms in total. The second-order valence-corrected chi connectivity index (χ2v) is 15.5. The van der Waals surface area contributed by atoms with Crippen LogP contribution in [0.1, 0.15) is 126 Å². The molecule has 0 unspecified atom stereocenters. The van der Waals surface area contributed by atoms with Crippen LogP contribution < -0.4 is 0 Å². The largest absolute Gasteiger partial charge is 0.299 e. The maximum Gasteiger partial charge on any atom is 0.138 e. The fourth-order valence-electron chi connectivity index (χ4n) is 11.4. The van der Waals surface area contributed by atoms with E-state index < -0.39 is 0 Å². The highest BCUT2D eigenvalue weighted by Gasteiger charge is 2.68. The molecule has 8 atom stereocenters. The average molecular weight is 427 g/mol. The van der Waals surface area contributed by atoms with Crippen molar-refractivity contribution >= 4 is 5.78 Å². The Balaban J connectivity index is 1.52. The quantitative estimate of drug-likeness (QED) is 0.379. The SMILES string of the molecule is CC1(C)CC[C@]2(C)CC[C@H]3[C@]4(C)CC[C@H]5C(C)(C)C(=O)CC[C@]5(C)[C@H]4CC[C@@]3(C)[C@@H]2C1. The van der Waals surface area contributed by atoms with Gasteiger partial charge >= 0.3 is 0 Å². The summed E-state index contributed by atoms with van der Waals surface area (Å²) in [4.78, 5) is 12.9. The fraction of sp³-hybridized carbons (Fsp3) is 0.967. The van der Waals surface area contributed by atoms with Crippen LogP contribution >= 0.6 is 0 Å². The zero-order chi connectivity index (χ0) is 22.7. The zero-order valence-electron chi connectivity index (χ0n) is 22.0. The Labute approximate surface area is 192 Å². The first-order valence-corrected chi connectivity index (χ1v) is 13.7. The van der Waals surface area contributed by atoms with Gasteiger partial charge in [0.1, 0.15) is 5.78 Å². The van der Waals surface area contributed by atoms with Crippen LogP contribution in [-0.2, 0) is 4.79 Å². The van der Waals surface area contributed by atoms with E-state index >= 15 is 0 Å². The second-order valence-electron chi connectivity index (χ2n) is 15.5. The molecular weight excluding hydrogens is 376 g/mol. The van der Waals surface area contributed by atoms with E-state index in [1.807, 2.05) is 0 Å². The highest BCUT2D eigenvalue weighted by Crippen LogP contribution is 2.76. The Morgan fingerprint density at radius 1 is 0.581 bits per heavy atom. The fourth-order valence-corrected chi connectivity index (χ4v) is 11.4. The normalized spacial score (nSPS) is 55.4. The number of carbonyl (C=O) groups excluding carboxylic acids is 1. The van der Waals surface area contributed by atoms with E-state index in [2.05, 4.69) is 55.4 Å². The third kappa shape index (κ3) is 2.83. The molecule has 0 aliphatic heterocycles. The van der Waals surface area contributed by atoms with Gasteiger partial charge in [-0.1, -0.05) is 55.4 Å². The van der Waals surface area contributed by atoms with Gasteiger partial charge in [0.15, 0.2) is 0 Å². The van der Waals surface area contributed by atoms with Crippen LogP contribution in [0.2, 0.25) is 0 Å². The third-order valence-electron chi connectivity index (χ3n) is 13.2. The minimum absolute atomic E-state index is 0.117. The van der Waals surface area contributed by atoms with Crippen LogP contribution in [-0.4, -0.2) is 5.78 Å². The molecule has 5 aliphatic carbocycles. The lowest BCUT2D eigenvalue weighted by Gasteiger charge is -2.72. The van der Waals surface area contributed by atoms with Crippen molar-refractivity contribution in [3.05, 3.63) is 0 Å². The number of carbonyl (C=O) groups is 1. The van der Waals surface area contributed by atoms with Gasteiger partial charge in [0.05, 0.1) is 0 Å². The Bertz CT molecular complexity index is 777. The Morgan fingerprint density at radius 3 is 1.74 bits per heavy atom. The highest BCUT2D eigenvalue weighted by molar-refractivity contribution is 5.85. The van der Waals surface area contributed by atoms with E-state index in [0.717, 1.165) is 30.6 Å². The van der Waals surface area contributed by atoms with Crippen molar-refractivity contribution in [1.29, 1.82) is 0 Å². The second kappa shape index (κ2) is 6.41. The van der Waals surface area contributed by atoms with Crippen LogP contribution in [0.4, 0.5) is 0 Å². The lowest BCUT2D eigenvalue weighted by Crippen LogP contribution is -2.65. The minimum Gasteiger partial charge on any atom is -0.299 e. The van der Waals surface area contributed by atoms with Gasteiger partial charge in [-0.15, -0.1) is 0 Å². The molecule has 0 aromatic carbocycles. The van der Waals surface area contributed by atoms with Crippen molar-refractivity contribution in [2.75, 3.05) is 0 Å². The van der Waals surface area contributed by atoms with E-state index in [-0.39, 0.29) is 5.41 Å². The first-order valence-electron chi connectivity index (χ1n) is 13.7. The first kappa shape index (κ1) is 22.5. The molecule has 31 heavy (non-hydrogen) atoms. The molecule has 0 aromatic rings. The van der Waals surface area contributed by atoms with E-state index in [1.54, 1.807) is 0 Å². The monoisotopic (exact) mass is 426 g/mol. The number of ketones is 1. The molecule has 1 heteroatoms. The van der Waals surface area contributed by atoms with Crippen LogP contribution in [0.15, 0.2) is 0 Å². The molecule has 5 saturated carbocycles. The maximum absolute atomic E-state index is 12.9. The van der Waals surface area contributed by atoms with Crippen molar-refractivity contribution in [2.45, 2.75) is 126 Å². The van der Waals surface area contributed by atoms with Crippen molar-refractivity contribution < 1.29 is 4.79 Å². The number of hydrogen-bond donors (Lipinski definition) is 0. The van der Waals surface area contributed by atoms with Gasteiger partial charge in [-0.25, -0.2) is 0 Å². The molecule has 0 heterocycles. The van der Waals surface area contributed by atoms with Gasteiger partial charge in [-0.2, -0.15) is 0 Å². The number of fused-ring (bicyclic) bond motifs is 7. The summed E-state index contributed by atoms with van der Waals surface area (Å²) >= 11 is 0. The molecule has 0 saturated heterocycles.